The third kappa shape index (κ3) is 3.86. The van der Waals surface area contributed by atoms with Crippen molar-refractivity contribution in [3.8, 4) is 0 Å². The van der Waals surface area contributed by atoms with E-state index in [0.717, 1.165) is 17.7 Å². The summed E-state index contributed by atoms with van der Waals surface area (Å²) in [5.41, 5.74) is 2.07. The first kappa shape index (κ1) is 18.3. The number of hydrogen-bond donors (Lipinski definition) is 1. The summed E-state index contributed by atoms with van der Waals surface area (Å²) in [6, 6.07) is 10.9. The number of cyclic esters (lactones) is 1. The monoisotopic (exact) mass is 378 g/mol. The Balaban J connectivity index is 1.66. The zero-order valence-corrected chi connectivity index (χ0v) is 15.2. The molecule has 0 bridgehead atoms. The van der Waals surface area contributed by atoms with E-state index >= 15 is 0 Å². The molecule has 1 atom stereocenters. The quantitative estimate of drug-likeness (QED) is 0.868. The summed E-state index contributed by atoms with van der Waals surface area (Å²) < 4.78 is 45.6. The SMILES string of the molecule is Cc1ccc(N2CC(CNS(=O)(=O)c3ccc(F)cc3C)OC2=O)cc1. The fourth-order valence-electron chi connectivity index (χ4n) is 2.76. The van der Waals surface area contributed by atoms with E-state index in [1.807, 2.05) is 31.2 Å². The Bertz CT molecular complexity index is 929. The molecule has 2 aromatic carbocycles. The van der Waals surface area contributed by atoms with Crippen molar-refractivity contribution in [2.24, 2.45) is 0 Å². The molecule has 1 aliphatic rings. The number of rotatable bonds is 5. The van der Waals surface area contributed by atoms with Gasteiger partial charge in [0, 0.05) is 12.2 Å². The lowest BCUT2D eigenvalue weighted by Crippen LogP contribution is -2.35. The maximum absolute atomic E-state index is 13.2. The van der Waals surface area contributed by atoms with Crippen LogP contribution in [0, 0.1) is 19.7 Å². The summed E-state index contributed by atoms with van der Waals surface area (Å²) in [6.07, 6.45) is -1.13. The van der Waals surface area contributed by atoms with Gasteiger partial charge in [-0.05, 0) is 49.7 Å². The molecule has 1 saturated heterocycles. The van der Waals surface area contributed by atoms with Gasteiger partial charge in [0.1, 0.15) is 11.9 Å². The van der Waals surface area contributed by atoms with Gasteiger partial charge in [0.05, 0.1) is 11.4 Å². The summed E-state index contributed by atoms with van der Waals surface area (Å²) in [4.78, 5) is 13.5. The molecule has 1 fully saturated rings. The second-order valence-electron chi connectivity index (χ2n) is 6.21. The predicted octanol–water partition coefficient (Wildman–Crippen LogP) is 2.75. The molecule has 1 heterocycles. The van der Waals surface area contributed by atoms with Gasteiger partial charge in [-0.3, -0.25) is 4.90 Å². The standard InChI is InChI=1S/C18H19FN2O4S/c1-12-3-6-15(7-4-12)21-11-16(25-18(21)22)10-20-26(23,24)17-8-5-14(19)9-13(17)2/h3-9,16,20H,10-11H2,1-2H3. The third-order valence-corrected chi connectivity index (χ3v) is 5.73. The molecule has 0 radical (unpaired) electrons. The molecular weight excluding hydrogens is 359 g/mol. The van der Waals surface area contributed by atoms with Crippen molar-refractivity contribution in [1.29, 1.82) is 0 Å². The molecule has 1 unspecified atom stereocenters. The Morgan fingerprint density at radius 3 is 2.54 bits per heavy atom. The number of nitrogens with zero attached hydrogens (tertiary/aromatic N) is 1. The van der Waals surface area contributed by atoms with E-state index in [9.17, 15) is 17.6 Å². The first-order valence-electron chi connectivity index (χ1n) is 8.07. The lowest BCUT2D eigenvalue weighted by Gasteiger charge is -2.14. The number of amides is 1. The van der Waals surface area contributed by atoms with Crippen molar-refractivity contribution in [3.63, 3.8) is 0 Å². The minimum Gasteiger partial charge on any atom is -0.443 e. The average molecular weight is 378 g/mol. The Labute approximate surface area is 151 Å². The summed E-state index contributed by atoms with van der Waals surface area (Å²) in [5.74, 6) is -0.500. The van der Waals surface area contributed by atoms with Gasteiger partial charge in [-0.2, -0.15) is 0 Å². The highest BCUT2D eigenvalue weighted by Crippen LogP contribution is 2.22. The molecule has 1 aliphatic heterocycles. The molecule has 3 rings (SSSR count). The van der Waals surface area contributed by atoms with Crippen molar-refractivity contribution >= 4 is 21.8 Å². The van der Waals surface area contributed by atoms with Crippen LogP contribution in [0.3, 0.4) is 0 Å². The minimum absolute atomic E-state index is 0.00128. The smallest absolute Gasteiger partial charge is 0.414 e. The van der Waals surface area contributed by atoms with Crippen molar-refractivity contribution in [1.82, 2.24) is 4.72 Å². The Hall–Kier alpha value is -2.45. The van der Waals surface area contributed by atoms with E-state index in [4.69, 9.17) is 4.74 Å². The Morgan fingerprint density at radius 2 is 1.88 bits per heavy atom. The highest BCUT2D eigenvalue weighted by Gasteiger charge is 2.33. The number of ether oxygens (including phenoxy) is 1. The molecule has 0 aromatic heterocycles. The summed E-state index contributed by atoms with van der Waals surface area (Å²) in [6.45, 7) is 3.65. The van der Waals surface area contributed by atoms with Crippen molar-refractivity contribution < 1.29 is 22.3 Å². The molecule has 138 valence electrons. The Kier molecular flexibility index (Phi) is 4.97. The van der Waals surface area contributed by atoms with E-state index < -0.39 is 28.0 Å². The maximum Gasteiger partial charge on any atom is 0.414 e. The molecule has 0 aliphatic carbocycles. The molecule has 26 heavy (non-hydrogen) atoms. The molecular formula is C18H19FN2O4S. The molecule has 1 amide bonds. The van der Waals surface area contributed by atoms with Crippen LogP contribution >= 0.6 is 0 Å². The van der Waals surface area contributed by atoms with Crippen molar-refractivity contribution in [2.75, 3.05) is 18.0 Å². The van der Waals surface area contributed by atoms with Gasteiger partial charge < -0.3 is 4.74 Å². The van der Waals surface area contributed by atoms with E-state index in [-0.39, 0.29) is 18.0 Å². The van der Waals surface area contributed by atoms with Gasteiger partial charge in [-0.25, -0.2) is 22.3 Å². The van der Waals surface area contributed by atoms with Crippen LogP contribution in [0.4, 0.5) is 14.9 Å². The van der Waals surface area contributed by atoms with Gasteiger partial charge in [0.25, 0.3) is 0 Å². The number of aryl methyl sites for hydroxylation is 2. The molecule has 0 saturated carbocycles. The third-order valence-electron chi connectivity index (χ3n) is 4.15. The van der Waals surface area contributed by atoms with Gasteiger partial charge in [0.15, 0.2) is 0 Å². The highest BCUT2D eigenvalue weighted by atomic mass is 32.2. The number of carbonyl (C=O) groups excluding carboxylic acids is 1. The van der Waals surface area contributed by atoms with Crippen LogP contribution in [0.25, 0.3) is 0 Å². The molecule has 8 heteroatoms. The number of hydrogen-bond acceptors (Lipinski definition) is 4. The predicted molar refractivity (Wildman–Crippen MR) is 95.1 cm³/mol. The van der Waals surface area contributed by atoms with Crippen LogP contribution in [-0.2, 0) is 14.8 Å². The van der Waals surface area contributed by atoms with Crippen molar-refractivity contribution in [3.05, 3.63) is 59.4 Å². The maximum atomic E-state index is 13.2. The first-order chi connectivity index (χ1) is 12.3. The topological polar surface area (TPSA) is 75.7 Å². The van der Waals surface area contributed by atoms with E-state index in [0.29, 0.717) is 11.3 Å². The van der Waals surface area contributed by atoms with Gasteiger partial charge in [-0.15, -0.1) is 0 Å². The van der Waals surface area contributed by atoms with Crippen molar-refractivity contribution in [2.45, 2.75) is 24.8 Å². The van der Waals surface area contributed by atoms with Gasteiger partial charge in [0.2, 0.25) is 10.0 Å². The van der Waals surface area contributed by atoms with E-state index in [1.54, 1.807) is 0 Å². The van der Waals surface area contributed by atoms with E-state index in [1.165, 1.54) is 17.9 Å². The largest absolute Gasteiger partial charge is 0.443 e. The lowest BCUT2D eigenvalue weighted by molar-refractivity contribution is 0.143. The normalized spacial score (nSPS) is 17.4. The minimum atomic E-state index is -3.83. The molecule has 1 N–H and O–H groups in total. The zero-order chi connectivity index (χ0) is 18.9. The highest BCUT2D eigenvalue weighted by molar-refractivity contribution is 7.89. The Morgan fingerprint density at radius 1 is 1.19 bits per heavy atom. The number of carbonyl (C=O) groups is 1. The number of anilines is 1. The van der Waals surface area contributed by atoms with Gasteiger partial charge in [-0.1, -0.05) is 17.7 Å². The number of sulfonamides is 1. The second kappa shape index (κ2) is 7.05. The fraction of sp³-hybridized carbons (Fsp3) is 0.278. The number of halogens is 1. The van der Waals surface area contributed by atoms with Gasteiger partial charge >= 0.3 is 6.09 Å². The summed E-state index contributed by atoms with van der Waals surface area (Å²) in [5, 5.41) is 0. The molecule has 2 aromatic rings. The first-order valence-corrected chi connectivity index (χ1v) is 9.55. The average Bonchev–Trinajstić information content (AvgIpc) is 2.94. The number of nitrogens with one attached hydrogen (secondary N) is 1. The second-order valence-corrected chi connectivity index (χ2v) is 7.95. The summed E-state index contributed by atoms with van der Waals surface area (Å²) in [7, 11) is -3.83. The fourth-order valence-corrected chi connectivity index (χ4v) is 4.05. The van der Waals surface area contributed by atoms with Crippen LogP contribution in [0.2, 0.25) is 0 Å². The summed E-state index contributed by atoms with van der Waals surface area (Å²) >= 11 is 0. The van der Waals surface area contributed by atoms with Crippen LogP contribution < -0.4 is 9.62 Å². The van der Waals surface area contributed by atoms with Crippen LogP contribution in [0.5, 0.6) is 0 Å². The van der Waals surface area contributed by atoms with E-state index in [2.05, 4.69) is 4.72 Å². The number of benzene rings is 2. The zero-order valence-electron chi connectivity index (χ0n) is 14.4. The lowest BCUT2D eigenvalue weighted by atomic mass is 10.2. The van der Waals surface area contributed by atoms with Crippen LogP contribution in [0.15, 0.2) is 47.4 Å². The van der Waals surface area contributed by atoms with Crippen LogP contribution in [0.1, 0.15) is 11.1 Å². The molecule has 0 spiro atoms. The van der Waals surface area contributed by atoms with Crippen LogP contribution in [-0.4, -0.2) is 33.7 Å². The molecule has 6 nitrogen and oxygen atoms in total.